The molecule has 1 aliphatic rings. The van der Waals surface area contributed by atoms with Crippen LogP contribution in [-0.4, -0.2) is 25.2 Å². The first-order chi connectivity index (χ1) is 8.09. The zero-order valence-corrected chi connectivity index (χ0v) is 10.6. The van der Waals surface area contributed by atoms with Crippen molar-refractivity contribution in [2.45, 2.75) is 6.42 Å². The van der Waals surface area contributed by atoms with Crippen molar-refractivity contribution in [1.82, 2.24) is 4.31 Å². The number of sulfonamides is 1. The largest absolute Gasteiger partial charge is 0.269 e. The lowest BCUT2D eigenvalue weighted by atomic mass is 10.3. The maximum Gasteiger partial charge on any atom is 0.260 e. The number of amides is 1. The van der Waals surface area contributed by atoms with Gasteiger partial charge >= 0.3 is 0 Å². The van der Waals surface area contributed by atoms with Gasteiger partial charge in [0.15, 0.2) is 0 Å². The summed E-state index contributed by atoms with van der Waals surface area (Å²) in [6.07, 6.45) is 5.04. The topological polar surface area (TPSA) is 54.5 Å². The Morgan fingerprint density at radius 2 is 2.29 bits per heavy atom. The summed E-state index contributed by atoms with van der Waals surface area (Å²) in [6, 6.07) is 3.73. The maximum absolute atomic E-state index is 11.7. The van der Waals surface area contributed by atoms with E-state index in [1.165, 1.54) is 17.4 Å². The highest BCUT2D eigenvalue weighted by Gasteiger charge is 2.25. The summed E-state index contributed by atoms with van der Waals surface area (Å²) in [4.78, 5) is 12.7. The van der Waals surface area contributed by atoms with Crippen molar-refractivity contribution in [3.05, 3.63) is 40.0 Å². The van der Waals surface area contributed by atoms with E-state index in [1.807, 2.05) is 17.5 Å². The first kappa shape index (κ1) is 12.1. The molecule has 17 heavy (non-hydrogen) atoms. The minimum absolute atomic E-state index is 0.215. The molecule has 0 atom stereocenters. The summed E-state index contributed by atoms with van der Waals surface area (Å²) in [5.41, 5.74) is 0. The van der Waals surface area contributed by atoms with Crippen molar-refractivity contribution in [1.29, 1.82) is 0 Å². The summed E-state index contributed by atoms with van der Waals surface area (Å²) in [5.74, 6) is -0.497. The third kappa shape index (κ3) is 2.83. The Kier molecular flexibility index (Phi) is 3.44. The van der Waals surface area contributed by atoms with Gasteiger partial charge in [-0.05, 0) is 23.9 Å². The molecule has 1 aliphatic heterocycles. The molecule has 0 N–H and O–H groups in total. The molecule has 1 aromatic heterocycles. The molecule has 0 aromatic carbocycles. The fourth-order valence-electron chi connectivity index (χ4n) is 1.44. The van der Waals surface area contributed by atoms with Gasteiger partial charge in [-0.3, -0.25) is 4.79 Å². The van der Waals surface area contributed by atoms with Gasteiger partial charge in [-0.25, -0.2) is 12.7 Å². The number of carbonyl (C=O) groups excluding carboxylic acids is 1. The lowest BCUT2D eigenvalue weighted by Crippen LogP contribution is -2.36. The summed E-state index contributed by atoms with van der Waals surface area (Å²) in [6.45, 7) is 0.215. The molecule has 0 radical (unpaired) electrons. The maximum atomic E-state index is 11.7. The molecule has 1 aromatic rings. The summed E-state index contributed by atoms with van der Waals surface area (Å²) < 4.78 is 24.0. The second-order valence-corrected chi connectivity index (χ2v) is 6.19. The average Bonchev–Trinajstić information content (AvgIpc) is 2.78. The van der Waals surface area contributed by atoms with E-state index in [-0.39, 0.29) is 6.54 Å². The first-order valence-electron chi connectivity index (χ1n) is 5.04. The molecule has 0 aliphatic carbocycles. The van der Waals surface area contributed by atoms with Crippen molar-refractivity contribution in [3.8, 4) is 0 Å². The zero-order chi connectivity index (χ0) is 12.3. The van der Waals surface area contributed by atoms with E-state index >= 15 is 0 Å². The molecule has 0 fully saturated rings. The Morgan fingerprint density at radius 3 is 2.94 bits per heavy atom. The molecule has 0 spiro atoms. The molecule has 0 bridgehead atoms. The molecular weight excluding hydrogens is 258 g/mol. The van der Waals surface area contributed by atoms with Crippen LogP contribution in [0.3, 0.4) is 0 Å². The Hall–Kier alpha value is -1.40. The molecular formula is C11H11NO3S2. The van der Waals surface area contributed by atoms with Gasteiger partial charge in [-0.15, -0.1) is 11.3 Å². The summed E-state index contributed by atoms with van der Waals surface area (Å²) in [5, 5.41) is 2.97. The van der Waals surface area contributed by atoms with Crippen LogP contribution in [0.5, 0.6) is 0 Å². The Bertz CT molecular complexity index is 556. The van der Waals surface area contributed by atoms with Gasteiger partial charge in [0.2, 0.25) is 0 Å². The lowest BCUT2D eigenvalue weighted by molar-refractivity contribution is -0.121. The second kappa shape index (κ2) is 4.85. The lowest BCUT2D eigenvalue weighted by Gasteiger charge is -2.21. The van der Waals surface area contributed by atoms with Crippen LogP contribution in [0.4, 0.5) is 0 Å². The highest BCUT2D eigenvalue weighted by atomic mass is 32.2. The molecule has 6 heteroatoms. The molecule has 90 valence electrons. The number of rotatable bonds is 2. The molecule has 0 saturated carbocycles. The van der Waals surface area contributed by atoms with Crippen LogP contribution in [0.25, 0.3) is 6.08 Å². The number of hydrogen-bond acceptors (Lipinski definition) is 4. The summed E-state index contributed by atoms with van der Waals surface area (Å²) >= 11 is 1.49. The predicted molar refractivity (Wildman–Crippen MR) is 67.7 cm³/mol. The van der Waals surface area contributed by atoms with Gasteiger partial charge in [0.1, 0.15) is 0 Å². The van der Waals surface area contributed by atoms with E-state index in [1.54, 1.807) is 12.2 Å². The highest BCUT2D eigenvalue weighted by Crippen LogP contribution is 2.14. The van der Waals surface area contributed by atoms with Gasteiger partial charge < -0.3 is 0 Å². The van der Waals surface area contributed by atoms with E-state index in [9.17, 15) is 13.2 Å². The molecule has 1 amide bonds. The Labute approximate surface area is 104 Å². The van der Waals surface area contributed by atoms with Gasteiger partial charge in [0, 0.05) is 22.9 Å². The first-order valence-corrected chi connectivity index (χ1v) is 7.43. The van der Waals surface area contributed by atoms with Crippen LogP contribution < -0.4 is 0 Å². The number of carbonyl (C=O) groups is 1. The predicted octanol–water partition coefficient (Wildman–Crippen LogP) is 1.84. The van der Waals surface area contributed by atoms with Crippen molar-refractivity contribution in [2.75, 3.05) is 6.54 Å². The van der Waals surface area contributed by atoms with E-state index < -0.39 is 15.9 Å². The van der Waals surface area contributed by atoms with E-state index in [2.05, 4.69) is 0 Å². The molecule has 4 nitrogen and oxygen atoms in total. The second-order valence-electron chi connectivity index (χ2n) is 3.46. The van der Waals surface area contributed by atoms with Crippen molar-refractivity contribution in [2.24, 2.45) is 0 Å². The van der Waals surface area contributed by atoms with Crippen LogP contribution >= 0.6 is 11.3 Å². The molecule has 2 heterocycles. The fourth-order valence-corrected chi connectivity index (χ4v) is 3.26. The molecule has 0 unspecified atom stereocenters. The quantitative estimate of drug-likeness (QED) is 0.770. The zero-order valence-electron chi connectivity index (χ0n) is 8.94. The Morgan fingerprint density at radius 1 is 1.47 bits per heavy atom. The SMILES string of the molecule is O=C(/C=C/c1cccs1)N1CCC=CS1(=O)=O. The van der Waals surface area contributed by atoms with Crippen LogP contribution in [0.2, 0.25) is 0 Å². The van der Waals surface area contributed by atoms with Crippen LogP contribution in [-0.2, 0) is 14.8 Å². The number of thiophene rings is 1. The van der Waals surface area contributed by atoms with Crippen LogP contribution in [0.15, 0.2) is 35.1 Å². The minimum Gasteiger partial charge on any atom is -0.269 e. The minimum atomic E-state index is -3.56. The van der Waals surface area contributed by atoms with Crippen molar-refractivity contribution in [3.63, 3.8) is 0 Å². The van der Waals surface area contributed by atoms with Crippen molar-refractivity contribution < 1.29 is 13.2 Å². The Balaban J connectivity index is 2.13. The third-order valence-corrected chi connectivity index (χ3v) is 4.60. The fraction of sp³-hybridized carbons (Fsp3) is 0.182. The standard InChI is InChI=1S/C11H11NO3S2/c13-11(6-5-10-4-3-8-16-10)12-7-1-2-9-17(12,14)15/h2-6,8-9H,1,7H2/b6-5+. The van der Waals surface area contributed by atoms with Gasteiger partial charge in [0.05, 0.1) is 0 Å². The van der Waals surface area contributed by atoms with E-state index in [0.717, 1.165) is 14.6 Å². The number of hydrogen-bond donors (Lipinski definition) is 0. The van der Waals surface area contributed by atoms with Gasteiger partial charge in [-0.2, -0.15) is 0 Å². The van der Waals surface area contributed by atoms with E-state index in [4.69, 9.17) is 0 Å². The molecule has 2 rings (SSSR count). The van der Waals surface area contributed by atoms with Gasteiger partial charge in [0.25, 0.3) is 15.9 Å². The highest BCUT2D eigenvalue weighted by molar-refractivity contribution is 7.92. The van der Waals surface area contributed by atoms with Crippen LogP contribution in [0.1, 0.15) is 11.3 Å². The normalized spacial score (nSPS) is 18.7. The third-order valence-electron chi connectivity index (χ3n) is 2.25. The van der Waals surface area contributed by atoms with Crippen LogP contribution in [0, 0.1) is 0 Å². The van der Waals surface area contributed by atoms with Crippen molar-refractivity contribution >= 4 is 33.3 Å². The monoisotopic (exact) mass is 269 g/mol. The molecule has 0 saturated heterocycles. The average molecular weight is 269 g/mol. The smallest absolute Gasteiger partial charge is 0.260 e. The van der Waals surface area contributed by atoms with E-state index in [0.29, 0.717) is 6.42 Å². The number of nitrogens with zero attached hydrogens (tertiary/aromatic N) is 1. The van der Waals surface area contributed by atoms with Gasteiger partial charge in [-0.1, -0.05) is 12.1 Å². The summed E-state index contributed by atoms with van der Waals surface area (Å²) in [7, 11) is -3.56.